The van der Waals surface area contributed by atoms with Crippen molar-refractivity contribution in [3.8, 4) is 23.1 Å². The third kappa shape index (κ3) is 5.41. The fourth-order valence-corrected chi connectivity index (χ4v) is 4.70. The summed E-state index contributed by atoms with van der Waals surface area (Å²) in [5.41, 5.74) is 0.485. The van der Waals surface area contributed by atoms with Crippen LogP contribution in [0.2, 0.25) is 5.02 Å². The predicted octanol–water partition coefficient (Wildman–Crippen LogP) is 6.98. The van der Waals surface area contributed by atoms with Crippen molar-refractivity contribution in [2.45, 2.75) is 6.61 Å². The molecule has 0 amide bonds. The van der Waals surface area contributed by atoms with Crippen LogP contribution in [0.3, 0.4) is 0 Å². The highest BCUT2D eigenvalue weighted by molar-refractivity contribution is 6.31. The van der Waals surface area contributed by atoms with E-state index in [0.29, 0.717) is 26.9 Å². The number of furan rings is 1. The molecule has 0 N–H and O–H groups in total. The minimum Gasteiger partial charge on any atom is -0.493 e. The van der Waals surface area contributed by atoms with Crippen LogP contribution >= 0.6 is 11.6 Å². The van der Waals surface area contributed by atoms with Crippen LogP contribution in [-0.4, -0.2) is 27.9 Å². The van der Waals surface area contributed by atoms with Crippen LogP contribution in [0.5, 0.6) is 11.5 Å². The van der Waals surface area contributed by atoms with Gasteiger partial charge in [0.05, 0.1) is 29.2 Å². The summed E-state index contributed by atoms with van der Waals surface area (Å²) in [4.78, 5) is 29.6. The van der Waals surface area contributed by atoms with E-state index in [0.717, 1.165) is 4.68 Å². The van der Waals surface area contributed by atoms with Crippen molar-refractivity contribution < 1.29 is 23.2 Å². The quantitative estimate of drug-likeness (QED) is 0.105. The Labute approximate surface area is 247 Å². The molecule has 0 atom stereocenters. The van der Waals surface area contributed by atoms with Gasteiger partial charge in [0.15, 0.2) is 11.5 Å². The number of para-hydroxylation sites is 1. The summed E-state index contributed by atoms with van der Waals surface area (Å²) in [5.74, 6) is -0.300. The van der Waals surface area contributed by atoms with Crippen LogP contribution in [0.25, 0.3) is 33.5 Å². The Kier molecular flexibility index (Phi) is 7.31. The molecule has 10 nitrogen and oxygen atoms in total. The number of fused-ring (bicyclic) bond motifs is 2. The largest absolute Gasteiger partial charge is 0.493 e. The van der Waals surface area contributed by atoms with Crippen molar-refractivity contribution in [3.63, 3.8) is 0 Å². The Morgan fingerprint density at radius 1 is 1.09 bits per heavy atom. The van der Waals surface area contributed by atoms with Crippen molar-refractivity contribution in [1.82, 2.24) is 9.66 Å². The van der Waals surface area contributed by atoms with E-state index in [9.17, 15) is 19.3 Å². The average molecular weight is 599 g/mol. The molecule has 0 aliphatic heterocycles. The van der Waals surface area contributed by atoms with Crippen molar-refractivity contribution in [2.75, 3.05) is 7.11 Å². The second-order valence-electron chi connectivity index (χ2n) is 9.32. The number of rotatable bonds is 8. The van der Waals surface area contributed by atoms with Crippen molar-refractivity contribution in [1.29, 1.82) is 0 Å². The molecule has 2 aromatic heterocycles. The monoisotopic (exact) mass is 598 g/mol. The Bertz CT molecular complexity index is 2120. The Balaban J connectivity index is 1.44. The van der Waals surface area contributed by atoms with Crippen LogP contribution in [-0.2, 0) is 6.61 Å². The number of methoxy groups -OCH3 is 1. The van der Waals surface area contributed by atoms with E-state index in [2.05, 4.69) is 10.1 Å². The smallest absolute Gasteiger partial charge is 0.315 e. The molecule has 6 aromatic rings. The summed E-state index contributed by atoms with van der Waals surface area (Å²) in [6.45, 7) is -0.262. The van der Waals surface area contributed by atoms with Gasteiger partial charge in [0.2, 0.25) is 11.6 Å². The zero-order valence-electron chi connectivity index (χ0n) is 22.4. The highest BCUT2D eigenvalue weighted by atomic mass is 35.5. The molecule has 0 bridgehead atoms. The number of hydrogen-bond donors (Lipinski definition) is 0. The Hall–Kier alpha value is -5.55. The molecule has 0 saturated carbocycles. The predicted molar refractivity (Wildman–Crippen MR) is 160 cm³/mol. The normalized spacial score (nSPS) is 11.4. The molecule has 12 heteroatoms. The summed E-state index contributed by atoms with van der Waals surface area (Å²) < 4.78 is 32.2. The maximum atomic E-state index is 14.1. The SMILES string of the molecule is COc1cc(C=Nn2c(-c3cc4cc(Cl)ccc4o3)nc3ccccc3c2=O)cc([N+](=O)[O-])c1OCc1ccccc1F. The van der Waals surface area contributed by atoms with Gasteiger partial charge in [-0.25, -0.2) is 9.37 Å². The van der Waals surface area contributed by atoms with Crippen LogP contribution in [0.1, 0.15) is 11.1 Å². The first-order chi connectivity index (χ1) is 20.8. The van der Waals surface area contributed by atoms with Crippen molar-refractivity contribution in [2.24, 2.45) is 5.10 Å². The summed E-state index contributed by atoms with van der Waals surface area (Å²) in [6.07, 6.45) is 1.26. The van der Waals surface area contributed by atoms with Crippen molar-refractivity contribution in [3.05, 3.63) is 127 Å². The number of nitro groups is 1. The summed E-state index contributed by atoms with van der Waals surface area (Å²) in [7, 11) is 1.32. The van der Waals surface area contributed by atoms with Gasteiger partial charge >= 0.3 is 5.69 Å². The van der Waals surface area contributed by atoms with Gasteiger partial charge in [-0.2, -0.15) is 9.78 Å². The van der Waals surface area contributed by atoms with Crippen LogP contribution in [0, 0.1) is 15.9 Å². The Morgan fingerprint density at radius 3 is 2.67 bits per heavy atom. The minimum absolute atomic E-state index is 0.0189. The fourth-order valence-electron chi connectivity index (χ4n) is 4.52. The highest BCUT2D eigenvalue weighted by Gasteiger charge is 2.23. The van der Waals surface area contributed by atoms with E-state index < -0.39 is 22.0 Å². The number of hydrogen-bond acceptors (Lipinski definition) is 8. The molecule has 0 fully saturated rings. The zero-order chi connectivity index (χ0) is 30.1. The zero-order valence-corrected chi connectivity index (χ0v) is 23.1. The lowest BCUT2D eigenvalue weighted by Crippen LogP contribution is -2.20. The first kappa shape index (κ1) is 27.6. The third-order valence-corrected chi connectivity index (χ3v) is 6.81. The standard InChI is InChI=1S/C31H20ClFN4O6/c1-41-27-13-18(12-25(37(39)40)29(27)42-17-19-6-2-4-8-23(19)33)16-34-36-30(35-24-9-5-3-7-22(24)31(36)38)28-15-20-14-21(32)10-11-26(20)43-28/h2-16H,17H2,1H3. The van der Waals surface area contributed by atoms with Gasteiger partial charge < -0.3 is 13.9 Å². The van der Waals surface area contributed by atoms with E-state index in [4.69, 9.17) is 25.5 Å². The first-order valence-electron chi connectivity index (χ1n) is 12.8. The molecule has 0 spiro atoms. The van der Waals surface area contributed by atoms with E-state index >= 15 is 0 Å². The summed E-state index contributed by atoms with van der Waals surface area (Å²) in [5, 5.41) is 17.9. The van der Waals surface area contributed by atoms with Gasteiger partial charge in [-0.3, -0.25) is 14.9 Å². The van der Waals surface area contributed by atoms with E-state index in [-0.39, 0.29) is 40.8 Å². The fraction of sp³-hybridized carbons (Fsp3) is 0.0645. The molecular formula is C31H20ClFN4O6. The third-order valence-electron chi connectivity index (χ3n) is 6.58. The molecule has 0 radical (unpaired) electrons. The molecule has 0 aliphatic carbocycles. The number of benzene rings is 4. The van der Waals surface area contributed by atoms with Gasteiger partial charge in [-0.05, 0) is 48.5 Å². The molecule has 0 unspecified atom stereocenters. The second kappa shape index (κ2) is 11.4. The lowest BCUT2D eigenvalue weighted by atomic mass is 10.1. The molecule has 43 heavy (non-hydrogen) atoms. The molecule has 4 aromatic carbocycles. The second-order valence-corrected chi connectivity index (χ2v) is 9.75. The summed E-state index contributed by atoms with van der Waals surface area (Å²) in [6, 6.07) is 22.2. The molecule has 0 aliphatic rings. The van der Waals surface area contributed by atoms with Crippen LogP contribution < -0.4 is 15.0 Å². The van der Waals surface area contributed by atoms with Crippen molar-refractivity contribution >= 4 is 45.4 Å². The lowest BCUT2D eigenvalue weighted by Gasteiger charge is -2.12. The average Bonchev–Trinajstić information content (AvgIpc) is 3.43. The highest BCUT2D eigenvalue weighted by Crippen LogP contribution is 2.39. The van der Waals surface area contributed by atoms with Crippen LogP contribution in [0.15, 0.2) is 99.2 Å². The topological polar surface area (TPSA) is 122 Å². The minimum atomic E-state index is -0.648. The van der Waals surface area contributed by atoms with Gasteiger partial charge in [0.1, 0.15) is 18.0 Å². The van der Waals surface area contributed by atoms with Gasteiger partial charge in [-0.1, -0.05) is 41.9 Å². The number of aromatic nitrogens is 2. The molecule has 0 saturated heterocycles. The molecule has 214 valence electrons. The maximum absolute atomic E-state index is 14.1. The Morgan fingerprint density at radius 2 is 1.88 bits per heavy atom. The maximum Gasteiger partial charge on any atom is 0.315 e. The number of halogens is 2. The van der Waals surface area contributed by atoms with E-state index in [1.807, 2.05) is 0 Å². The van der Waals surface area contributed by atoms with Crippen LogP contribution in [0.4, 0.5) is 10.1 Å². The molecular weight excluding hydrogens is 579 g/mol. The van der Waals surface area contributed by atoms with E-state index in [1.165, 1.54) is 43.7 Å². The van der Waals surface area contributed by atoms with Gasteiger partial charge in [0, 0.05) is 27.6 Å². The van der Waals surface area contributed by atoms with Gasteiger partial charge in [-0.15, -0.1) is 0 Å². The lowest BCUT2D eigenvalue weighted by molar-refractivity contribution is -0.386. The number of nitro benzene ring substituents is 1. The molecule has 6 rings (SSSR count). The number of ether oxygens (including phenoxy) is 2. The first-order valence-corrected chi connectivity index (χ1v) is 13.2. The number of nitrogens with zero attached hydrogens (tertiary/aromatic N) is 4. The van der Waals surface area contributed by atoms with E-state index in [1.54, 1.807) is 54.6 Å². The van der Waals surface area contributed by atoms with Gasteiger partial charge in [0.25, 0.3) is 5.56 Å². The summed E-state index contributed by atoms with van der Waals surface area (Å²) >= 11 is 6.13. The molecule has 2 heterocycles.